The van der Waals surface area contributed by atoms with Gasteiger partial charge in [-0.25, -0.2) is 0 Å². The molecule has 0 bridgehead atoms. The normalized spacial score (nSPS) is 15.3. The summed E-state index contributed by atoms with van der Waals surface area (Å²) in [5.74, 6) is 7.58. The average molecular weight is 420 g/mol. The van der Waals surface area contributed by atoms with Gasteiger partial charge in [0.15, 0.2) is 11.5 Å². The molecule has 1 fully saturated rings. The van der Waals surface area contributed by atoms with Crippen molar-refractivity contribution in [1.82, 2.24) is 4.90 Å². The zero-order valence-corrected chi connectivity index (χ0v) is 18.1. The topological polar surface area (TPSA) is 55.8 Å². The molecular formula is C26H29NO4. The second-order valence-electron chi connectivity index (χ2n) is 7.80. The molecule has 5 nitrogen and oxygen atoms in total. The summed E-state index contributed by atoms with van der Waals surface area (Å²) in [7, 11) is 1.63. The standard InChI is InChI=1S/C26H29NO4/c1-20(18-28)27(19-29)17-23(13-12-21-8-4-3-5-9-21)22-14-15-25(30-2)26(16-22)31-24-10-6-7-11-24/h3-5,8-9,14-16,18-20,23-24H,6-7,10-11,17H2,1-2H3. The summed E-state index contributed by atoms with van der Waals surface area (Å²) in [4.78, 5) is 24.3. The fourth-order valence-corrected chi connectivity index (χ4v) is 3.71. The van der Waals surface area contributed by atoms with Gasteiger partial charge in [0.1, 0.15) is 6.29 Å². The Morgan fingerprint density at radius 2 is 1.84 bits per heavy atom. The maximum Gasteiger partial charge on any atom is 0.210 e. The van der Waals surface area contributed by atoms with Crippen LogP contribution in [0.5, 0.6) is 11.5 Å². The van der Waals surface area contributed by atoms with Crippen molar-refractivity contribution in [1.29, 1.82) is 0 Å². The van der Waals surface area contributed by atoms with Gasteiger partial charge in [-0.1, -0.05) is 36.1 Å². The fourth-order valence-electron chi connectivity index (χ4n) is 3.71. The molecule has 2 unspecified atom stereocenters. The van der Waals surface area contributed by atoms with Gasteiger partial charge in [-0.15, -0.1) is 0 Å². The lowest BCUT2D eigenvalue weighted by molar-refractivity contribution is -0.125. The van der Waals surface area contributed by atoms with Crippen molar-refractivity contribution in [3.63, 3.8) is 0 Å². The van der Waals surface area contributed by atoms with Gasteiger partial charge in [0, 0.05) is 12.1 Å². The molecule has 2 aromatic carbocycles. The number of aldehydes is 1. The predicted octanol–water partition coefficient (Wildman–Crippen LogP) is 4.20. The number of nitrogens with zero attached hydrogens (tertiary/aromatic N) is 1. The first kappa shape index (κ1) is 22.4. The van der Waals surface area contributed by atoms with Gasteiger partial charge in [-0.05, 0) is 62.4 Å². The second-order valence-corrected chi connectivity index (χ2v) is 7.80. The highest BCUT2D eigenvalue weighted by molar-refractivity contribution is 5.63. The maximum atomic E-state index is 11.6. The maximum absolute atomic E-state index is 11.6. The van der Waals surface area contributed by atoms with E-state index in [1.807, 2.05) is 48.5 Å². The molecule has 2 atom stereocenters. The molecule has 1 aliphatic carbocycles. The van der Waals surface area contributed by atoms with Crippen molar-refractivity contribution in [3.05, 3.63) is 59.7 Å². The highest BCUT2D eigenvalue weighted by atomic mass is 16.5. The summed E-state index contributed by atoms with van der Waals surface area (Å²) in [6.07, 6.45) is 6.10. The van der Waals surface area contributed by atoms with Crippen molar-refractivity contribution in [2.24, 2.45) is 0 Å². The molecule has 0 spiro atoms. The van der Waals surface area contributed by atoms with E-state index in [0.717, 1.165) is 30.3 Å². The Bertz CT molecular complexity index is 925. The molecule has 0 heterocycles. The van der Waals surface area contributed by atoms with Gasteiger partial charge in [-0.2, -0.15) is 0 Å². The first-order valence-electron chi connectivity index (χ1n) is 10.7. The molecule has 31 heavy (non-hydrogen) atoms. The molecule has 0 saturated heterocycles. The Labute approximate surface area is 184 Å². The van der Waals surface area contributed by atoms with Crippen LogP contribution in [0.1, 0.15) is 49.7 Å². The molecule has 0 aliphatic heterocycles. The molecule has 2 aromatic rings. The van der Waals surface area contributed by atoms with Crippen LogP contribution in [0.25, 0.3) is 0 Å². The van der Waals surface area contributed by atoms with Crippen LogP contribution in [0.2, 0.25) is 0 Å². The first-order valence-corrected chi connectivity index (χ1v) is 10.7. The zero-order valence-electron chi connectivity index (χ0n) is 18.1. The Balaban J connectivity index is 1.94. The summed E-state index contributed by atoms with van der Waals surface area (Å²) < 4.78 is 11.7. The Morgan fingerprint density at radius 3 is 2.48 bits per heavy atom. The van der Waals surface area contributed by atoms with Crippen LogP contribution in [0, 0.1) is 11.8 Å². The number of benzene rings is 2. The van der Waals surface area contributed by atoms with Crippen LogP contribution >= 0.6 is 0 Å². The van der Waals surface area contributed by atoms with E-state index >= 15 is 0 Å². The number of rotatable bonds is 9. The van der Waals surface area contributed by atoms with E-state index in [1.54, 1.807) is 14.0 Å². The first-order chi connectivity index (χ1) is 15.1. The minimum Gasteiger partial charge on any atom is -0.493 e. The van der Waals surface area contributed by atoms with Crippen LogP contribution < -0.4 is 9.47 Å². The lowest BCUT2D eigenvalue weighted by Crippen LogP contribution is -2.36. The Kier molecular flexibility index (Phi) is 8.12. The number of hydrogen-bond acceptors (Lipinski definition) is 4. The molecule has 5 heteroatoms. The Hall–Kier alpha value is -3.26. The minimum absolute atomic E-state index is 0.194. The third-order valence-corrected chi connectivity index (χ3v) is 5.60. The number of ether oxygens (including phenoxy) is 2. The molecule has 3 rings (SSSR count). The van der Waals surface area contributed by atoms with E-state index in [4.69, 9.17) is 9.47 Å². The molecule has 1 aliphatic rings. The summed E-state index contributed by atoms with van der Waals surface area (Å²) in [6.45, 7) is 2.00. The van der Waals surface area contributed by atoms with E-state index in [1.165, 1.54) is 17.7 Å². The summed E-state index contributed by atoms with van der Waals surface area (Å²) in [5, 5.41) is 0. The monoisotopic (exact) mass is 419 g/mol. The van der Waals surface area contributed by atoms with E-state index in [9.17, 15) is 9.59 Å². The lowest BCUT2D eigenvalue weighted by Gasteiger charge is -2.25. The van der Waals surface area contributed by atoms with Crippen molar-refractivity contribution in [3.8, 4) is 23.3 Å². The summed E-state index contributed by atoms with van der Waals surface area (Å²) >= 11 is 0. The van der Waals surface area contributed by atoms with Crippen LogP contribution in [0.4, 0.5) is 0 Å². The highest BCUT2D eigenvalue weighted by Crippen LogP contribution is 2.34. The number of carbonyl (C=O) groups is 2. The van der Waals surface area contributed by atoms with Crippen molar-refractivity contribution >= 4 is 12.7 Å². The summed E-state index contributed by atoms with van der Waals surface area (Å²) in [5.41, 5.74) is 1.81. The fraction of sp³-hybridized carbons (Fsp3) is 0.385. The number of amides is 1. The average Bonchev–Trinajstić information content (AvgIpc) is 3.32. The molecule has 0 aromatic heterocycles. The molecule has 162 valence electrons. The predicted molar refractivity (Wildman–Crippen MR) is 120 cm³/mol. The van der Waals surface area contributed by atoms with E-state index < -0.39 is 6.04 Å². The van der Waals surface area contributed by atoms with Gasteiger partial charge in [0.2, 0.25) is 6.41 Å². The zero-order chi connectivity index (χ0) is 22.1. The number of carbonyl (C=O) groups excluding carboxylic acids is 2. The van der Waals surface area contributed by atoms with Gasteiger partial charge in [-0.3, -0.25) is 4.79 Å². The highest BCUT2D eigenvalue weighted by Gasteiger charge is 2.22. The van der Waals surface area contributed by atoms with Crippen LogP contribution in [-0.4, -0.2) is 43.4 Å². The molecule has 1 saturated carbocycles. The van der Waals surface area contributed by atoms with Crippen LogP contribution in [0.3, 0.4) is 0 Å². The summed E-state index contributed by atoms with van der Waals surface area (Å²) in [6, 6.07) is 15.0. The van der Waals surface area contributed by atoms with Crippen LogP contribution in [-0.2, 0) is 9.59 Å². The van der Waals surface area contributed by atoms with Gasteiger partial charge in [0.05, 0.1) is 25.2 Å². The van der Waals surface area contributed by atoms with Gasteiger partial charge >= 0.3 is 0 Å². The van der Waals surface area contributed by atoms with Crippen molar-refractivity contribution < 1.29 is 19.1 Å². The third kappa shape index (κ3) is 6.11. The number of methoxy groups -OCH3 is 1. The van der Waals surface area contributed by atoms with E-state index in [-0.39, 0.29) is 12.0 Å². The van der Waals surface area contributed by atoms with Gasteiger partial charge < -0.3 is 19.2 Å². The Morgan fingerprint density at radius 1 is 1.10 bits per heavy atom. The molecule has 0 radical (unpaired) electrons. The van der Waals surface area contributed by atoms with Crippen molar-refractivity contribution in [2.75, 3.05) is 13.7 Å². The van der Waals surface area contributed by atoms with Crippen molar-refractivity contribution in [2.45, 2.75) is 50.7 Å². The van der Waals surface area contributed by atoms with E-state index in [2.05, 4.69) is 11.8 Å². The smallest absolute Gasteiger partial charge is 0.210 e. The van der Waals surface area contributed by atoms with Crippen LogP contribution in [0.15, 0.2) is 48.5 Å². The minimum atomic E-state index is -0.522. The van der Waals surface area contributed by atoms with Gasteiger partial charge in [0.25, 0.3) is 0 Å². The SMILES string of the molecule is COc1ccc(C(C#Cc2ccccc2)CN(C=O)C(C)C=O)cc1OC1CCCC1. The quantitative estimate of drug-likeness (QED) is 0.452. The lowest BCUT2D eigenvalue weighted by atomic mass is 9.97. The van der Waals surface area contributed by atoms with E-state index in [0.29, 0.717) is 24.5 Å². The second kappa shape index (κ2) is 11.2. The molecule has 0 N–H and O–H groups in total. The largest absolute Gasteiger partial charge is 0.493 e. The molecule has 1 amide bonds. The third-order valence-electron chi connectivity index (χ3n) is 5.60. The number of hydrogen-bond donors (Lipinski definition) is 0. The molecular weight excluding hydrogens is 390 g/mol.